The number of nitrogens with zero attached hydrogens (tertiary/aromatic N) is 4. The molecule has 2 aromatic carbocycles. The van der Waals surface area contributed by atoms with Gasteiger partial charge in [-0.2, -0.15) is 5.10 Å². The fourth-order valence-corrected chi connectivity index (χ4v) is 5.29. The molecule has 4 rings (SSSR count). The van der Waals surface area contributed by atoms with E-state index in [1.807, 2.05) is 56.3 Å². The number of aryl methyl sites for hydroxylation is 2. The number of carbonyl (C=O) groups is 2. The van der Waals surface area contributed by atoms with Crippen LogP contribution in [-0.2, 0) is 22.7 Å². The lowest BCUT2D eigenvalue weighted by Crippen LogP contribution is -2.39. The first kappa shape index (κ1) is 24.1. The molecule has 1 unspecified atom stereocenters. The van der Waals surface area contributed by atoms with Crippen molar-refractivity contribution in [2.75, 3.05) is 11.1 Å². The fraction of sp³-hybridized carbons (Fsp3) is 0.167. The second-order valence-corrected chi connectivity index (χ2v) is 10.0. The number of rotatable bonds is 6. The lowest BCUT2D eigenvalue weighted by atomic mass is 10.0. The van der Waals surface area contributed by atoms with Gasteiger partial charge in [-0.15, -0.1) is 0 Å². The maximum atomic E-state index is 13.4. The molecule has 0 aliphatic heterocycles. The summed E-state index contributed by atoms with van der Waals surface area (Å²) in [5, 5.41) is 7.68. The second kappa shape index (κ2) is 10.5. The van der Waals surface area contributed by atoms with Gasteiger partial charge in [-0.1, -0.05) is 54.1 Å². The lowest BCUT2D eigenvalue weighted by molar-refractivity contribution is -0.144. The van der Waals surface area contributed by atoms with Gasteiger partial charge in [0.15, 0.2) is 0 Å². The van der Waals surface area contributed by atoms with Crippen LogP contribution in [0.15, 0.2) is 60.9 Å². The molecule has 0 radical (unpaired) electrons. The third kappa shape index (κ3) is 5.20. The molecule has 0 aliphatic carbocycles. The van der Waals surface area contributed by atoms with E-state index in [2.05, 4.69) is 43.5 Å². The number of nitrogen functional groups attached to an aromatic ring is 1. The van der Waals surface area contributed by atoms with E-state index < -0.39 is 11.8 Å². The summed E-state index contributed by atoms with van der Waals surface area (Å²) in [4.78, 5) is 32.2. The van der Waals surface area contributed by atoms with Crippen molar-refractivity contribution >= 4 is 62.6 Å². The Bertz CT molecular complexity index is 1360. The fourth-order valence-electron chi connectivity index (χ4n) is 3.77. The Hall–Kier alpha value is -3.04. The van der Waals surface area contributed by atoms with Gasteiger partial charge in [-0.3, -0.25) is 9.59 Å². The number of hydrogen-bond donors (Lipinski definition) is 2. The molecule has 174 valence electrons. The van der Waals surface area contributed by atoms with E-state index in [9.17, 15) is 9.59 Å². The van der Waals surface area contributed by atoms with E-state index in [1.165, 1.54) is 6.20 Å². The minimum atomic E-state index is -0.738. The van der Waals surface area contributed by atoms with Crippen LogP contribution in [0.5, 0.6) is 0 Å². The van der Waals surface area contributed by atoms with Crippen molar-refractivity contribution in [3.05, 3.63) is 83.2 Å². The summed E-state index contributed by atoms with van der Waals surface area (Å²) in [6.07, 6.45) is 3.37. The smallest absolute Gasteiger partial charge is 0.314 e. The van der Waals surface area contributed by atoms with Crippen LogP contribution in [0.1, 0.15) is 22.3 Å². The Morgan fingerprint density at radius 2 is 1.88 bits per heavy atom. The van der Waals surface area contributed by atoms with Crippen LogP contribution in [0.25, 0.3) is 10.9 Å². The number of anilines is 2. The number of carbonyl (C=O) groups excluding carboxylic acids is 2. The third-order valence-corrected chi connectivity index (χ3v) is 7.39. The molecule has 4 aromatic rings. The first-order valence-corrected chi connectivity index (χ1v) is 14.6. The zero-order chi connectivity index (χ0) is 24.2. The molecule has 10 heteroatoms. The Kier molecular flexibility index (Phi) is 7.43. The molecule has 0 aliphatic rings. The number of hydrogen-bond acceptors (Lipinski definition) is 5. The van der Waals surface area contributed by atoms with Gasteiger partial charge in [0.2, 0.25) is 0 Å². The van der Waals surface area contributed by atoms with Crippen molar-refractivity contribution in [3.8, 4) is 0 Å². The van der Waals surface area contributed by atoms with E-state index >= 15 is 0 Å². The van der Waals surface area contributed by atoms with Crippen LogP contribution < -0.4 is 11.1 Å². The van der Waals surface area contributed by atoms with Gasteiger partial charge in [0.05, 0.1) is 29.8 Å². The maximum Gasteiger partial charge on any atom is 0.314 e. The van der Waals surface area contributed by atoms with Crippen LogP contribution in [0.2, 0.25) is 0 Å². The molecule has 34 heavy (non-hydrogen) atoms. The lowest BCUT2D eigenvalue weighted by Gasteiger charge is -2.23. The molecule has 0 fully saturated rings. The highest BCUT2D eigenvalue weighted by Gasteiger charge is 2.25. The Labute approximate surface area is 212 Å². The summed E-state index contributed by atoms with van der Waals surface area (Å²) in [5.41, 5.74) is 11.2. The highest BCUT2D eigenvalue weighted by Crippen LogP contribution is 2.34. The molecule has 0 bridgehead atoms. The topological polar surface area (TPSA) is 106 Å². The number of amides is 2. The predicted molar refractivity (Wildman–Crippen MR) is 145 cm³/mol. The van der Waals surface area contributed by atoms with Crippen molar-refractivity contribution < 1.29 is 9.59 Å². The molecule has 2 amide bonds. The van der Waals surface area contributed by atoms with E-state index in [4.69, 9.17) is 5.73 Å². The number of fused-ring (bicyclic) bond motifs is 1. The maximum absolute atomic E-state index is 13.4. The van der Waals surface area contributed by atoms with Crippen molar-refractivity contribution in [2.24, 2.45) is 0 Å². The molecular formula is C24H24IN6O2P. The molecule has 0 saturated heterocycles. The summed E-state index contributed by atoms with van der Waals surface area (Å²) in [6, 6.07) is 15.7. The van der Waals surface area contributed by atoms with Gasteiger partial charge in [-0.25, -0.2) is 9.44 Å². The monoisotopic (exact) mass is 586 g/mol. The number of pyridine rings is 1. The highest BCUT2D eigenvalue weighted by atomic mass is 127. The summed E-state index contributed by atoms with van der Waals surface area (Å²) >= 11 is 2.19. The highest BCUT2D eigenvalue weighted by molar-refractivity contribution is 14.2. The first-order valence-electron chi connectivity index (χ1n) is 10.6. The van der Waals surface area contributed by atoms with E-state index in [-0.39, 0.29) is 0 Å². The third-order valence-electron chi connectivity index (χ3n) is 5.52. The minimum Gasteiger partial charge on any atom is -0.383 e. The molecule has 0 spiro atoms. The normalized spacial score (nSPS) is 11.3. The van der Waals surface area contributed by atoms with Gasteiger partial charge in [0.1, 0.15) is 11.3 Å². The van der Waals surface area contributed by atoms with Crippen molar-refractivity contribution in [1.29, 1.82) is 0 Å². The van der Waals surface area contributed by atoms with Gasteiger partial charge in [-0.05, 0) is 52.6 Å². The number of benzene rings is 2. The number of aromatic nitrogens is 3. The van der Waals surface area contributed by atoms with Crippen LogP contribution >= 0.6 is 28.4 Å². The Morgan fingerprint density at radius 1 is 1.12 bits per heavy atom. The van der Waals surface area contributed by atoms with Gasteiger partial charge < -0.3 is 16.0 Å². The van der Waals surface area contributed by atoms with Gasteiger partial charge in [0, 0.05) is 13.1 Å². The summed E-state index contributed by atoms with van der Waals surface area (Å²) < 4.78 is 1.73. The predicted octanol–water partition coefficient (Wildman–Crippen LogP) is 4.59. The zero-order valence-electron chi connectivity index (χ0n) is 18.7. The van der Waals surface area contributed by atoms with Crippen LogP contribution in [0.3, 0.4) is 0 Å². The number of nitrogens with one attached hydrogen (secondary N) is 1. The van der Waals surface area contributed by atoms with E-state index in [1.54, 1.807) is 15.5 Å². The molecule has 8 nitrogen and oxygen atoms in total. The largest absolute Gasteiger partial charge is 0.383 e. The summed E-state index contributed by atoms with van der Waals surface area (Å²) in [5.74, 6) is -1.05. The first-order chi connectivity index (χ1) is 16.4. The standard InChI is InChI=1S/C24H24IN6O2P/c1-15-8-9-18(16(2)10-15)14-30(13-17-6-4-3-5-7-17)24(33)23(32)29-20-12-27-22(26)19-11-28-31(34-25)21(19)20/h3-12,34H,13-14H2,1-2H3,(H2,26,27)(H,29,32). The van der Waals surface area contributed by atoms with Crippen molar-refractivity contribution in [1.82, 2.24) is 19.4 Å². The minimum absolute atomic E-state index is 0.293. The molecule has 1 atom stereocenters. The summed E-state index contributed by atoms with van der Waals surface area (Å²) in [7, 11) is 0. The van der Waals surface area contributed by atoms with Crippen LogP contribution in [0, 0.1) is 13.8 Å². The van der Waals surface area contributed by atoms with E-state index in [0.717, 1.165) is 22.3 Å². The van der Waals surface area contributed by atoms with Crippen molar-refractivity contribution in [3.63, 3.8) is 0 Å². The second-order valence-electron chi connectivity index (χ2n) is 7.99. The Morgan fingerprint density at radius 3 is 2.59 bits per heavy atom. The molecule has 3 N–H and O–H groups in total. The quantitative estimate of drug-likeness (QED) is 0.195. The molecule has 0 saturated carbocycles. The number of nitrogens with two attached hydrogens (primary N) is 1. The van der Waals surface area contributed by atoms with Crippen LogP contribution in [0.4, 0.5) is 11.5 Å². The van der Waals surface area contributed by atoms with E-state index in [0.29, 0.717) is 41.9 Å². The summed E-state index contributed by atoms with van der Waals surface area (Å²) in [6.45, 7) is 4.66. The molecular weight excluding hydrogens is 562 g/mol. The SMILES string of the molecule is Cc1ccc(CN(Cc2ccccc2)C(=O)C(=O)Nc2cnc(N)c3cnn(PI)c23)c(C)c1. The molecule has 2 aromatic heterocycles. The van der Waals surface area contributed by atoms with Gasteiger partial charge in [0.25, 0.3) is 0 Å². The zero-order valence-corrected chi connectivity index (χ0v) is 21.9. The molecule has 2 heterocycles. The average Bonchev–Trinajstić information content (AvgIpc) is 3.27. The average molecular weight is 586 g/mol. The van der Waals surface area contributed by atoms with Gasteiger partial charge >= 0.3 is 11.8 Å². The van der Waals surface area contributed by atoms with Crippen molar-refractivity contribution in [2.45, 2.75) is 26.9 Å². The Balaban J connectivity index is 1.63. The number of halogens is 1. The van der Waals surface area contributed by atoms with Crippen LogP contribution in [-0.4, -0.2) is 31.2 Å².